The summed E-state index contributed by atoms with van der Waals surface area (Å²) in [5, 5.41) is 3.68. The maximum Gasteiger partial charge on any atom is 0.111 e. The number of hydrogen-bond acceptors (Lipinski definition) is 4. The highest BCUT2D eigenvalue weighted by atomic mass is 16.5. The van der Waals surface area contributed by atoms with Crippen LogP contribution < -0.4 is 5.32 Å². The summed E-state index contributed by atoms with van der Waals surface area (Å²) in [4.78, 5) is 4.36. The van der Waals surface area contributed by atoms with E-state index in [4.69, 9.17) is 9.47 Å². The van der Waals surface area contributed by atoms with Crippen LogP contribution in [0.1, 0.15) is 44.3 Å². The second-order valence-corrected chi connectivity index (χ2v) is 6.19. The SMILES string of the molecule is COC1(Cn2cncc2C2CCCC(C)N2)CCOC1. The minimum Gasteiger partial charge on any atom is -0.378 e. The Morgan fingerprint density at radius 2 is 2.45 bits per heavy atom. The standard InChI is InChI=1S/C15H25N3O2/c1-12-4-3-5-13(17-12)14-8-16-11-18(14)9-15(19-2)6-7-20-10-15/h8,11-13,17H,3-7,9-10H2,1-2H3. The fraction of sp³-hybridized carbons (Fsp3) is 0.800. The first-order valence-corrected chi connectivity index (χ1v) is 7.61. The van der Waals surface area contributed by atoms with Gasteiger partial charge in [0.1, 0.15) is 5.60 Å². The van der Waals surface area contributed by atoms with Gasteiger partial charge in [0.05, 0.1) is 25.2 Å². The first-order chi connectivity index (χ1) is 9.72. The molecule has 3 unspecified atom stereocenters. The molecule has 20 heavy (non-hydrogen) atoms. The van der Waals surface area contributed by atoms with E-state index in [9.17, 15) is 0 Å². The zero-order chi connectivity index (χ0) is 14.0. The molecule has 1 aromatic heterocycles. The minimum absolute atomic E-state index is 0.185. The maximum atomic E-state index is 5.74. The Kier molecular flexibility index (Phi) is 4.10. The normalized spacial score (nSPS) is 34.5. The molecule has 2 aliphatic heterocycles. The lowest BCUT2D eigenvalue weighted by molar-refractivity contribution is -0.0302. The Hall–Kier alpha value is -0.910. The van der Waals surface area contributed by atoms with Gasteiger partial charge in [-0.3, -0.25) is 0 Å². The van der Waals surface area contributed by atoms with E-state index in [-0.39, 0.29) is 5.60 Å². The van der Waals surface area contributed by atoms with E-state index < -0.39 is 0 Å². The average Bonchev–Trinajstić information content (AvgIpc) is 3.09. The number of nitrogens with one attached hydrogen (secondary N) is 1. The van der Waals surface area contributed by atoms with Crippen molar-refractivity contribution in [1.82, 2.24) is 14.9 Å². The summed E-state index contributed by atoms with van der Waals surface area (Å²) in [6.45, 7) is 4.55. The molecular formula is C15H25N3O2. The average molecular weight is 279 g/mol. The predicted molar refractivity (Wildman–Crippen MR) is 76.6 cm³/mol. The van der Waals surface area contributed by atoms with Gasteiger partial charge in [-0.15, -0.1) is 0 Å². The highest BCUT2D eigenvalue weighted by Crippen LogP contribution is 2.29. The summed E-state index contributed by atoms with van der Waals surface area (Å²) in [7, 11) is 1.78. The number of nitrogens with zero attached hydrogens (tertiary/aromatic N) is 2. The predicted octanol–water partition coefficient (Wildman–Crippen LogP) is 1.89. The van der Waals surface area contributed by atoms with E-state index in [2.05, 4.69) is 21.8 Å². The Bertz CT molecular complexity index is 440. The lowest BCUT2D eigenvalue weighted by Crippen LogP contribution is -2.39. The van der Waals surface area contributed by atoms with Gasteiger partial charge in [-0.2, -0.15) is 0 Å². The number of aromatic nitrogens is 2. The van der Waals surface area contributed by atoms with Gasteiger partial charge in [0.25, 0.3) is 0 Å². The van der Waals surface area contributed by atoms with Crippen LogP contribution in [0.15, 0.2) is 12.5 Å². The summed E-state index contributed by atoms with van der Waals surface area (Å²) in [5.74, 6) is 0. The van der Waals surface area contributed by atoms with Gasteiger partial charge in [-0.1, -0.05) is 0 Å². The van der Waals surface area contributed by atoms with E-state index in [0.717, 1.165) is 19.6 Å². The van der Waals surface area contributed by atoms with Crippen molar-refractivity contribution in [3.8, 4) is 0 Å². The third-order valence-corrected chi connectivity index (χ3v) is 4.68. The minimum atomic E-state index is -0.185. The third kappa shape index (κ3) is 2.75. The molecule has 0 bridgehead atoms. The Morgan fingerprint density at radius 3 is 3.15 bits per heavy atom. The van der Waals surface area contributed by atoms with Gasteiger partial charge in [0.2, 0.25) is 0 Å². The Balaban J connectivity index is 1.76. The van der Waals surface area contributed by atoms with Crippen molar-refractivity contribution in [3.05, 3.63) is 18.2 Å². The second-order valence-electron chi connectivity index (χ2n) is 6.19. The van der Waals surface area contributed by atoms with Gasteiger partial charge < -0.3 is 19.4 Å². The molecule has 5 nitrogen and oxygen atoms in total. The van der Waals surface area contributed by atoms with Crippen molar-refractivity contribution >= 4 is 0 Å². The lowest BCUT2D eigenvalue weighted by atomic mass is 9.97. The van der Waals surface area contributed by atoms with Crippen LogP contribution in [0.4, 0.5) is 0 Å². The van der Waals surface area contributed by atoms with Crippen LogP contribution in [0.25, 0.3) is 0 Å². The van der Waals surface area contributed by atoms with Crippen molar-refractivity contribution in [2.24, 2.45) is 0 Å². The lowest BCUT2D eigenvalue weighted by Gasteiger charge is -2.32. The smallest absolute Gasteiger partial charge is 0.111 e. The fourth-order valence-electron chi connectivity index (χ4n) is 3.37. The van der Waals surface area contributed by atoms with Gasteiger partial charge in [-0.05, 0) is 26.2 Å². The molecule has 1 N–H and O–H groups in total. The van der Waals surface area contributed by atoms with E-state index in [0.29, 0.717) is 18.7 Å². The molecule has 2 fully saturated rings. The molecule has 112 valence electrons. The first kappa shape index (κ1) is 14.0. The van der Waals surface area contributed by atoms with Crippen molar-refractivity contribution < 1.29 is 9.47 Å². The van der Waals surface area contributed by atoms with Crippen molar-refractivity contribution in [2.75, 3.05) is 20.3 Å². The molecule has 0 spiro atoms. The van der Waals surface area contributed by atoms with Crippen LogP contribution in [-0.4, -0.2) is 41.5 Å². The summed E-state index contributed by atoms with van der Waals surface area (Å²) < 4.78 is 13.5. The number of ether oxygens (including phenoxy) is 2. The molecular weight excluding hydrogens is 254 g/mol. The summed E-state index contributed by atoms with van der Waals surface area (Å²) in [6.07, 6.45) is 8.61. The molecule has 0 amide bonds. The van der Waals surface area contributed by atoms with Gasteiger partial charge in [0.15, 0.2) is 0 Å². The Morgan fingerprint density at radius 1 is 1.55 bits per heavy atom. The number of piperidine rings is 1. The Labute approximate surface area is 120 Å². The zero-order valence-electron chi connectivity index (χ0n) is 12.5. The number of imidazole rings is 1. The topological polar surface area (TPSA) is 48.3 Å². The van der Waals surface area contributed by atoms with Gasteiger partial charge in [0, 0.05) is 38.4 Å². The molecule has 3 rings (SSSR count). The third-order valence-electron chi connectivity index (χ3n) is 4.68. The van der Waals surface area contributed by atoms with Crippen LogP contribution in [0, 0.1) is 0 Å². The van der Waals surface area contributed by atoms with Gasteiger partial charge in [-0.25, -0.2) is 4.98 Å². The molecule has 1 aromatic rings. The first-order valence-electron chi connectivity index (χ1n) is 7.61. The van der Waals surface area contributed by atoms with Crippen LogP contribution in [-0.2, 0) is 16.0 Å². The van der Waals surface area contributed by atoms with Crippen LogP contribution in [0.2, 0.25) is 0 Å². The van der Waals surface area contributed by atoms with E-state index in [1.165, 1.54) is 25.0 Å². The summed E-state index contributed by atoms with van der Waals surface area (Å²) in [5.41, 5.74) is 1.09. The molecule has 0 aromatic carbocycles. The van der Waals surface area contributed by atoms with E-state index in [1.54, 1.807) is 7.11 Å². The largest absolute Gasteiger partial charge is 0.378 e. The van der Waals surface area contributed by atoms with Crippen molar-refractivity contribution in [3.63, 3.8) is 0 Å². The molecule has 5 heteroatoms. The summed E-state index contributed by atoms with van der Waals surface area (Å²) in [6, 6.07) is 1.00. The molecule has 2 aliphatic rings. The number of hydrogen-bond donors (Lipinski definition) is 1. The van der Waals surface area contributed by atoms with Gasteiger partial charge >= 0.3 is 0 Å². The molecule has 0 radical (unpaired) electrons. The van der Waals surface area contributed by atoms with Crippen LogP contribution in [0.3, 0.4) is 0 Å². The molecule has 3 heterocycles. The monoisotopic (exact) mass is 279 g/mol. The van der Waals surface area contributed by atoms with E-state index >= 15 is 0 Å². The second kappa shape index (κ2) is 5.84. The summed E-state index contributed by atoms with van der Waals surface area (Å²) >= 11 is 0. The van der Waals surface area contributed by atoms with Crippen molar-refractivity contribution in [2.45, 2.75) is 56.8 Å². The molecule has 3 atom stereocenters. The molecule has 2 saturated heterocycles. The number of methoxy groups -OCH3 is 1. The molecule has 0 saturated carbocycles. The van der Waals surface area contributed by atoms with Crippen LogP contribution in [0.5, 0.6) is 0 Å². The number of rotatable bonds is 4. The highest BCUT2D eigenvalue weighted by Gasteiger charge is 2.36. The quantitative estimate of drug-likeness (QED) is 0.914. The van der Waals surface area contributed by atoms with Crippen LogP contribution >= 0.6 is 0 Å². The molecule has 0 aliphatic carbocycles. The maximum absolute atomic E-state index is 5.74. The van der Waals surface area contributed by atoms with Crippen molar-refractivity contribution in [1.29, 1.82) is 0 Å². The fourth-order valence-corrected chi connectivity index (χ4v) is 3.37. The highest BCUT2D eigenvalue weighted by molar-refractivity contribution is 5.08. The zero-order valence-corrected chi connectivity index (χ0v) is 12.5. The van der Waals surface area contributed by atoms with E-state index in [1.807, 2.05) is 12.5 Å².